The van der Waals surface area contributed by atoms with Crippen LogP contribution in [0.1, 0.15) is 66.9 Å². The van der Waals surface area contributed by atoms with Crippen LogP contribution in [0.25, 0.3) is 11.1 Å². The molecule has 1 N–H and O–H groups in total. The van der Waals surface area contributed by atoms with Gasteiger partial charge in [0.25, 0.3) is 0 Å². The highest BCUT2D eigenvalue weighted by atomic mass is 19.4. The van der Waals surface area contributed by atoms with Crippen molar-refractivity contribution in [2.75, 3.05) is 26.4 Å². The molecule has 1 heterocycles. The second-order valence-electron chi connectivity index (χ2n) is 11.6. The summed E-state index contributed by atoms with van der Waals surface area (Å²) in [6.07, 6.45) is -2.18. The van der Waals surface area contributed by atoms with Crippen molar-refractivity contribution in [3.63, 3.8) is 0 Å². The molecule has 0 aromatic heterocycles. The third-order valence-electron chi connectivity index (χ3n) is 8.70. The summed E-state index contributed by atoms with van der Waals surface area (Å²) in [5, 5.41) is 10.7. The van der Waals surface area contributed by atoms with Gasteiger partial charge in [-0.15, -0.1) is 0 Å². The van der Waals surface area contributed by atoms with Crippen LogP contribution in [-0.4, -0.2) is 43.1 Å². The molecule has 0 bridgehead atoms. The molecular weight excluding hydrogens is 561 g/mol. The van der Waals surface area contributed by atoms with E-state index in [1.807, 2.05) is 24.3 Å². The number of hydrogen-bond donors (Lipinski definition) is 1. The molecule has 0 spiro atoms. The zero-order valence-electron chi connectivity index (χ0n) is 24.0. The van der Waals surface area contributed by atoms with E-state index >= 15 is 0 Å². The molecule has 2 fully saturated rings. The molecule has 3 atom stereocenters. The fraction of sp³-hybridized carbons (Fsp3) is 0.441. The number of carbonyl (C=O) groups is 1. The van der Waals surface area contributed by atoms with Crippen LogP contribution >= 0.6 is 0 Å². The molecule has 0 amide bonds. The van der Waals surface area contributed by atoms with Crippen LogP contribution in [0.5, 0.6) is 11.5 Å². The zero-order valence-corrected chi connectivity index (χ0v) is 24.0. The molecule has 6 rings (SSSR count). The van der Waals surface area contributed by atoms with Gasteiger partial charge < -0.3 is 24.1 Å². The average molecular weight is 597 g/mol. The Morgan fingerprint density at radius 2 is 1.70 bits per heavy atom. The lowest BCUT2D eigenvalue weighted by Gasteiger charge is -2.31. The fourth-order valence-corrected chi connectivity index (χ4v) is 6.22. The van der Waals surface area contributed by atoms with Crippen molar-refractivity contribution in [2.24, 2.45) is 5.92 Å². The third-order valence-corrected chi connectivity index (χ3v) is 8.70. The van der Waals surface area contributed by atoms with E-state index in [9.17, 15) is 23.1 Å². The average Bonchev–Trinajstić information content (AvgIpc) is 3.70. The van der Waals surface area contributed by atoms with Crippen LogP contribution in [0.4, 0.5) is 13.2 Å². The number of alkyl halides is 3. The molecule has 1 aliphatic heterocycles. The van der Waals surface area contributed by atoms with Gasteiger partial charge in [0.1, 0.15) is 29.8 Å². The minimum Gasteiger partial charge on any atom is -0.491 e. The second-order valence-corrected chi connectivity index (χ2v) is 11.6. The molecular formula is C34H35F3O6. The van der Waals surface area contributed by atoms with Crippen LogP contribution in [-0.2, 0) is 26.9 Å². The highest BCUT2D eigenvalue weighted by Gasteiger charge is 2.45. The summed E-state index contributed by atoms with van der Waals surface area (Å²) < 4.78 is 65.1. The Bertz CT molecular complexity index is 1440. The molecule has 9 heteroatoms. The molecule has 3 aliphatic rings. The predicted molar refractivity (Wildman–Crippen MR) is 153 cm³/mol. The maximum atomic E-state index is 14.2. The van der Waals surface area contributed by atoms with Crippen LogP contribution in [0.15, 0.2) is 60.7 Å². The first-order chi connectivity index (χ1) is 20.6. The molecule has 228 valence electrons. The standard InChI is InChI=1S/C34H35F3O6/c1-2-41-32(38)28-19-27(28)21-3-9-24(10-4-21)43-30-14-12-26-25(30)11-13-29(34(35,36)37)31(26)22-5-7-23(8-6-22)42-20-33(39)15-17-40-18-16-33/h3-11,13,27-28,30,39H,2,12,14-20H2,1H3. The number of ether oxygens (including phenoxy) is 4. The Morgan fingerprint density at radius 1 is 1.00 bits per heavy atom. The monoisotopic (exact) mass is 596 g/mol. The van der Waals surface area contributed by atoms with Gasteiger partial charge in [0.2, 0.25) is 0 Å². The van der Waals surface area contributed by atoms with Gasteiger partial charge in [-0.25, -0.2) is 0 Å². The number of fused-ring (bicyclic) bond motifs is 1. The quantitative estimate of drug-likeness (QED) is 0.268. The fourth-order valence-electron chi connectivity index (χ4n) is 6.22. The number of esters is 1. The number of halogens is 3. The van der Waals surface area contributed by atoms with Crippen LogP contribution in [0.3, 0.4) is 0 Å². The number of aliphatic hydroxyl groups is 1. The smallest absolute Gasteiger partial charge is 0.417 e. The Balaban J connectivity index is 1.19. The van der Waals surface area contributed by atoms with E-state index in [2.05, 4.69) is 0 Å². The van der Waals surface area contributed by atoms with Crippen LogP contribution in [0, 0.1) is 5.92 Å². The lowest BCUT2D eigenvalue weighted by molar-refractivity contribution is -0.144. The Labute approximate surface area is 248 Å². The normalized spacial score (nSPS) is 22.5. The van der Waals surface area contributed by atoms with Gasteiger partial charge in [-0.05, 0) is 90.3 Å². The van der Waals surface area contributed by atoms with E-state index in [1.54, 1.807) is 31.2 Å². The van der Waals surface area contributed by atoms with E-state index in [0.29, 0.717) is 68.1 Å². The van der Waals surface area contributed by atoms with Crippen LogP contribution in [0.2, 0.25) is 0 Å². The molecule has 2 aliphatic carbocycles. The van der Waals surface area contributed by atoms with E-state index in [-0.39, 0.29) is 36.1 Å². The van der Waals surface area contributed by atoms with Crippen molar-refractivity contribution >= 4 is 5.97 Å². The Kier molecular flexibility index (Phi) is 8.13. The van der Waals surface area contributed by atoms with Gasteiger partial charge in [0, 0.05) is 26.1 Å². The van der Waals surface area contributed by atoms with Crippen LogP contribution < -0.4 is 9.47 Å². The maximum Gasteiger partial charge on any atom is 0.417 e. The van der Waals surface area contributed by atoms with Crippen molar-refractivity contribution in [3.8, 4) is 22.6 Å². The Hall–Kier alpha value is -3.56. The molecule has 3 unspecified atom stereocenters. The van der Waals surface area contributed by atoms with Crippen molar-refractivity contribution in [1.82, 2.24) is 0 Å². The minimum atomic E-state index is -4.52. The summed E-state index contributed by atoms with van der Waals surface area (Å²) in [5.74, 6) is 0.985. The summed E-state index contributed by atoms with van der Waals surface area (Å²) in [5.41, 5.74) is 1.40. The molecule has 3 aromatic carbocycles. The lowest BCUT2D eigenvalue weighted by Crippen LogP contribution is -2.41. The first-order valence-corrected chi connectivity index (χ1v) is 14.8. The number of benzene rings is 3. The first kappa shape index (κ1) is 29.5. The minimum absolute atomic E-state index is 0.0941. The SMILES string of the molecule is CCOC(=O)C1CC1c1ccc(OC2CCc3c2ccc(C(F)(F)F)c3-c2ccc(OCC3(O)CCOCC3)cc2)cc1. The van der Waals surface area contributed by atoms with E-state index in [4.69, 9.17) is 18.9 Å². The lowest BCUT2D eigenvalue weighted by atomic mass is 9.91. The highest BCUT2D eigenvalue weighted by molar-refractivity contribution is 5.77. The summed E-state index contributed by atoms with van der Waals surface area (Å²) >= 11 is 0. The summed E-state index contributed by atoms with van der Waals surface area (Å²) in [6, 6.07) is 16.9. The topological polar surface area (TPSA) is 74.2 Å². The van der Waals surface area contributed by atoms with Gasteiger partial charge in [-0.3, -0.25) is 4.79 Å². The largest absolute Gasteiger partial charge is 0.491 e. The Morgan fingerprint density at radius 3 is 2.37 bits per heavy atom. The molecule has 0 radical (unpaired) electrons. The molecule has 1 saturated carbocycles. The maximum absolute atomic E-state index is 14.2. The highest BCUT2D eigenvalue weighted by Crippen LogP contribution is 2.49. The molecule has 1 saturated heterocycles. The number of hydrogen-bond acceptors (Lipinski definition) is 6. The van der Waals surface area contributed by atoms with Crippen molar-refractivity contribution < 1.29 is 42.0 Å². The third kappa shape index (κ3) is 6.38. The molecule has 3 aromatic rings. The van der Waals surface area contributed by atoms with Crippen molar-refractivity contribution in [3.05, 3.63) is 82.9 Å². The summed E-state index contributed by atoms with van der Waals surface area (Å²) in [7, 11) is 0. The van der Waals surface area contributed by atoms with E-state index in [1.165, 1.54) is 6.07 Å². The summed E-state index contributed by atoms with van der Waals surface area (Å²) in [4.78, 5) is 12.0. The molecule has 6 nitrogen and oxygen atoms in total. The van der Waals surface area contributed by atoms with E-state index < -0.39 is 17.3 Å². The number of rotatable bonds is 9. The van der Waals surface area contributed by atoms with E-state index in [0.717, 1.165) is 23.6 Å². The van der Waals surface area contributed by atoms with Gasteiger partial charge in [0.15, 0.2) is 0 Å². The van der Waals surface area contributed by atoms with Crippen molar-refractivity contribution in [2.45, 2.75) is 62.8 Å². The number of carbonyl (C=O) groups excluding carboxylic acids is 1. The van der Waals surface area contributed by atoms with Gasteiger partial charge in [0.05, 0.1) is 18.1 Å². The van der Waals surface area contributed by atoms with Gasteiger partial charge in [-0.2, -0.15) is 13.2 Å². The zero-order chi connectivity index (χ0) is 30.2. The second kappa shape index (κ2) is 11.8. The predicted octanol–water partition coefficient (Wildman–Crippen LogP) is 7.03. The summed E-state index contributed by atoms with van der Waals surface area (Å²) in [6.45, 7) is 3.18. The van der Waals surface area contributed by atoms with Crippen molar-refractivity contribution in [1.29, 1.82) is 0 Å². The first-order valence-electron chi connectivity index (χ1n) is 14.8. The van der Waals surface area contributed by atoms with Gasteiger partial charge >= 0.3 is 12.1 Å². The van der Waals surface area contributed by atoms with Gasteiger partial charge in [-0.1, -0.05) is 30.3 Å². The molecule has 43 heavy (non-hydrogen) atoms.